The molecule has 4 aromatic rings. The predicted octanol–water partition coefficient (Wildman–Crippen LogP) is 4.39. The monoisotopic (exact) mass is 612 g/mol. The topological polar surface area (TPSA) is 126 Å². The van der Waals surface area contributed by atoms with Gasteiger partial charge in [-0.05, 0) is 24.8 Å². The molecule has 45 heavy (non-hydrogen) atoms. The second-order valence-corrected chi connectivity index (χ2v) is 12.1. The molecule has 3 atom stereocenters. The SMILES string of the molecule is Cn1ccnc1COCC1(O)CCCCC1n1cnc(C(=O)N2CCN(C(=O)O)C[C@H]2Cc2ccccc2)c1-c1ccccc1. The van der Waals surface area contributed by atoms with Crippen LogP contribution in [0.4, 0.5) is 4.79 Å². The molecular formula is C34H40N6O5. The van der Waals surface area contributed by atoms with Gasteiger partial charge in [0.1, 0.15) is 18.0 Å². The minimum atomic E-state index is -1.17. The van der Waals surface area contributed by atoms with Gasteiger partial charge >= 0.3 is 6.09 Å². The van der Waals surface area contributed by atoms with Crippen LogP contribution in [-0.4, -0.2) is 89.0 Å². The van der Waals surface area contributed by atoms with E-state index in [0.29, 0.717) is 30.7 Å². The number of carboxylic acid groups (broad SMARTS) is 1. The Bertz CT molecular complexity index is 1610. The predicted molar refractivity (Wildman–Crippen MR) is 168 cm³/mol. The van der Waals surface area contributed by atoms with E-state index >= 15 is 0 Å². The molecule has 2 N–H and O–H groups in total. The van der Waals surface area contributed by atoms with Crippen LogP contribution in [0.15, 0.2) is 79.4 Å². The van der Waals surface area contributed by atoms with Crippen molar-refractivity contribution in [2.24, 2.45) is 7.05 Å². The Labute approximate surface area is 262 Å². The lowest BCUT2D eigenvalue weighted by atomic mass is 9.80. The summed E-state index contributed by atoms with van der Waals surface area (Å²) in [5, 5.41) is 21.8. The second kappa shape index (κ2) is 13.3. The van der Waals surface area contributed by atoms with Crippen molar-refractivity contribution in [3.63, 3.8) is 0 Å². The number of hydrogen-bond acceptors (Lipinski definition) is 6. The number of piperazine rings is 1. The molecule has 3 heterocycles. The van der Waals surface area contributed by atoms with Gasteiger partial charge < -0.3 is 33.9 Å². The molecule has 2 fully saturated rings. The Morgan fingerprint density at radius 2 is 1.78 bits per heavy atom. The molecule has 0 bridgehead atoms. The van der Waals surface area contributed by atoms with Gasteiger partial charge in [0.05, 0.1) is 30.7 Å². The fourth-order valence-corrected chi connectivity index (χ4v) is 6.75. The lowest BCUT2D eigenvalue weighted by molar-refractivity contribution is -0.104. The number of rotatable bonds is 9. The Morgan fingerprint density at radius 3 is 2.49 bits per heavy atom. The van der Waals surface area contributed by atoms with Crippen molar-refractivity contribution in [1.29, 1.82) is 0 Å². The highest BCUT2D eigenvalue weighted by Crippen LogP contribution is 2.41. The van der Waals surface area contributed by atoms with Gasteiger partial charge in [0.25, 0.3) is 5.91 Å². The lowest BCUT2D eigenvalue weighted by Crippen LogP contribution is -2.57. The number of ether oxygens (including phenoxy) is 1. The normalized spacial score (nSPS) is 22.0. The molecule has 0 radical (unpaired) electrons. The number of carbonyl (C=O) groups excluding carboxylic acids is 1. The zero-order valence-electron chi connectivity index (χ0n) is 25.5. The molecule has 6 rings (SSSR count). The number of aromatic nitrogens is 4. The minimum absolute atomic E-state index is 0.122. The molecule has 2 aliphatic rings. The van der Waals surface area contributed by atoms with E-state index in [1.807, 2.05) is 83.0 Å². The standard InChI is InChI=1S/C34H40N6O5/c1-37-17-16-35-29(37)22-45-23-34(44)15-9-8-14-28(34)40-24-36-30(31(40)26-12-6-3-7-13-26)32(41)39-19-18-38(33(42)43)21-27(39)20-25-10-4-2-5-11-25/h2-7,10-13,16-17,24,27-28,44H,8-9,14-15,18-23H2,1H3,(H,42,43)/t27-,28?,34?/m1/s1. The molecule has 2 aromatic carbocycles. The largest absolute Gasteiger partial charge is 0.465 e. The third kappa shape index (κ3) is 6.50. The van der Waals surface area contributed by atoms with Crippen LogP contribution in [0.5, 0.6) is 0 Å². The number of nitrogens with zero attached hydrogens (tertiary/aromatic N) is 6. The van der Waals surface area contributed by atoms with E-state index in [1.165, 1.54) is 4.90 Å². The van der Waals surface area contributed by atoms with Crippen molar-refractivity contribution in [2.75, 3.05) is 26.2 Å². The maximum atomic E-state index is 14.5. The summed E-state index contributed by atoms with van der Waals surface area (Å²) in [6.07, 6.45) is 7.86. The van der Waals surface area contributed by atoms with Gasteiger partial charge in [0.2, 0.25) is 0 Å². The Morgan fingerprint density at radius 1 is 1.02 bits per heavy atom. The molecule has 0 spiro atoms. The molecule has 2 amide bonds. The van der Waals surface area contributed by atoms with E-state index in [2.05, 4.69) is 4.98 Å². The van der Waals surface area contributed by atoms with E-state index in [1.54, 1.807) is 17.4 Å². The number of aliphatic hydroxyl groups is 1. The summed E-state index contributed by atoms with van der Waals surface area (Å²) in [5.74, 6) is 0.531. The van der Waals surface area contributed by atoms with Gasteiger partial charge in [-0.3, -0.25) is 4.79 Å². The first kappa shape index (κ1) is 30.5. The summed E-state index contributed by atoms with van der Waals surface area (Å²) >= 11 is 0. The van der Waals surface area contributed by atoms with Crippen LogP contribution in [0, 0.1) is 0 Å². The van der Waals surface area contributed by atoms with Gasteiger partial charge in [0.15, 0.2) is 5.69 Å². The molecule has 236 valence electrons. The molecule has 1 saturated carbocycles. The number of hydrogen-bond donors (Lipinski definition) is 2. The molecule has 1 saturated heterocycles. The minimum Gasteiger partial charge on any atom is -0.465 e. The van der Waals surface area contributed by atoms with Gasteiger partial charge in [-0.1, -0.05) is 73.5 Å². The van der Waals surface area contributed by atoms with Crippen molar-refractivity contribution in [3.8, 4) is 11.3 Å². The summed E-state index contributed by atoms with van der Waals surface area (Å²) in [5.41, 5.74) is 1.62. The number of benzene rings is 2. The lowest BCUT2D eigenvalue weighted by Gasteiger charge is -2.41. The smallest absolute Gasteiger partial charge is 0.407 e. The highest BCUT2D eigenvalue weighted by Gasteiger charge is 2.43. The van der Waals surface area contributed by atoms with Crippen molar-refractivity contribution < 1.29 is 24.5 Å². The second-order valence-electron chi connectivity index (χ2n) is 12.1. The van der Waals surface area contributed by atoms with Crippen LogP contribution in [0.2, 0.25) is 0 Å². The maximum absolute atomic E-state index is 14.5. The van der Waals surface area contributed by atoms with E-state index in [-0.39, 0.29) is 50.8 Å². The molecular weight excluding hydrogens is 572 g/mol. The van der Waals surface area contributed by atoms with E-state index in [0.717, 1.165) is 29.8 Å². The molecule has 2 aromatic heterocycles. The van der Waals surface area contributed by atoms with Crippen LogP contribution >= 0.6 is 0 Å². The van der Waals surface area contributed by atoms with E-state index in [9.17, 15) is 19.8 Å². The first-order valence-electron chi connectivity index (χ1n) is 15.6. The molecule has 1 aliphatic heterocycles. The van der Waals surface area contributed by atoms with Crippen LogP contribution < -0.4 is 0 Å². The summed E-state index contributed by atoms with van der Waals surface area (Å²) in [6, 6.07) is 18.8. The summed E-state index contributed by atoms with van der Waals surface area (Å²) in [6.45, 7) is 1.11. The van der Waals surface area contributed by atoms with Crippen molar-refractivity contribution in [3.05, 3.63) is 96.5 Å². The highest BCUT2D eigenvalue weighted by molar-refractivity contribution is 5.98. The van der Waals surface area contributed by atoms with Crippen molar-refractivity contribution in [1.82, 2.24) is 28.9 Å². The zero-order chi connectivity index (χ0) is 31.4. The number of aryl methyl sites for hydroxylation is 1. The van der Waals surface area contributed by atoms with Gasteiger partial charge in [-0.2, -0.15) is 0 Å². The number of carbonyl (C=O) groups is 2. The first-order valence-corrected chi connectivity index (χ1v) is 15.6. The molecule has 11 heteroatoms. The Kier molecular flexibility index (Phi) is 8.99. The van der Waals surface area contributed by atoms with E-state index in [4.69, 9.17) is 9.72 Å². The number of imidazole rings is 2. The van der Waals surface area contributed by atoms with Crippen LogP contribution in [0.1, 0.15) is 53.6 Å². The summed E-state index contributed by atoms with van der Waals surface area (Å²) in [4.78, 5) is 38.5. The average molecular weight is 613 g/mol. The van der Waals surface area contributed by atoms with Gasteiger partial charge in [0, 0.05) is 44.6 Å². The fourth-order valence-electron chi connectivity index (χ4n) is 6.75. The zero-order valence-corrected chi connectivity index (χ0v) is 25.5. The molecule has 1 aliphatic carbocycles. The quantitative estimate of drug-likeness (QED) is 0.287. The van der Waals surface area contributed by atoms with Crippen LogP contribution in [-0.2, 0) is 24.8 Å². The summed E-state index contributed by atoms with van der Waals surface area (Å²) in [7, 11) is 1.91. The Balaban J connectivity index is 1.33. The third-order valence-corrected chi connectivity index (χ3v) is 9.17. The van der Waals surface area contributed by atoms with Crippen molar-refractivity contribution >= 4 is 12.0 Å². The fraction of sp³-hybridized carbons (Fsp3) is 0.412. The van der Waals surface area contributed by atoms with Gasteiger partial charge in [-0.25, -0.2) is 14.8 Å². The molecule has 2 unspecified atom stereocenters. The maximum Gasteiger partial charge on any atom is 0.407 e. The average Bonchev–Trinajstić information content (AvgIpc) is 3.68. The van der Waals surface area contributed by atoms with Crippen molar-refractivity contribution in [2.45, 2.75) is 56.4 Å². The Hall–Kier alpha value is -4.48. The van der Waals surface area contributed by atoms with Crippen LogP contribution in [0.25, 0.3) is 11.3 Å². The summed E-state index contributed by atoms with van der Waals surface area (Å²) < 4.78 is 9.91. The third-order valence-electron chi connectivity index (χ3n) is 9.17. The van der Waals surface area contributed by atoms with Crippen LogP contribution in [0.3, 0.4) is 0 Å². The molecule has 11 nitrogen and oxygen atoms in total. The van der Waals surface area contributed by atoms with Gasteiger partial charge in [-0.15, -0.1) is 0 Å². The van der Waals surface area contributed by atoms with E-state index < -0.39 is 11.7 Å². The number of amides is 2. The first-order chi connectivity index (χ1) is 21.8. The highest BCUT2D eigenvalue weighted by atomic mass is 16.5.